The highest BCUT2D eigenvalue weighted by molar-refractivity contribution is 5.69. The van der Waals surface area contributed by atoms with E-state index in [1.165, 1.54) is 6.42 Å². The van der Waals surface area contributed by atoms with Crippen molar-refractivity contribution in [2.75, 3.05) is 6.54 Å². The fraction of sp³-hybridized carbons (Fsp3) is 0.875. The summed E-state index contributed by atoms with van der Waals surface area (Å²) >= 11 is 0. The molecule has 11 heavy (non-hydrogen) atoms. The second kappa shape index (κ2) is 3.72. The van der Waals surface area contributed by atoms with Crippen molar-refractivity contribution in [2.45, 2.75) is 32.2 Å². The number of carbonyl (C=O) groups is 1. The van der Waals surface area contributed by atoms with Crippen LogP contribution in [0.5, 0.6) is 0 Å². The van der Waals surface area contributed by atoms with Crippen LogP contribution in [-0.2, 0) is 4.79 Å². The van der Waals surface area contributed by atoms with E-state index in [1.54, 1.807) is 0 Å². The van der Waals surface area contributed by atoms with E-state index >= 15 is 0 Å². The summed E-state index contributed by atoms with van der Waals surface area (Å²) in [7, 11) is 0. The van der Waals surface area contributed by atoms with Crippen LogP contribution < -0.4 is 5.32 Å². The van der Waals surface area contributed by atoms with Crippen LogP contribution in [0.15, 0.2) is 0 Å². The lowest BCUT2D eigenvalue weighted by atomic mass is 9.79. The highest BCUT2D eigenvalue weighted by Gasteiger charge is 2.26. The van der Waals surface area contributed by atoms with E-state index in [0.29, 0.717) is 6.04 Å². The summed E-state index contributed by atoms with van der Waals surface area (Å²) in [5, 5.41) is 11.3. The monoisotopic (exact) mass is 157 g/mol. The SMILES string of the molecule is CCC1CC(NCC(=O)O)C1. The summed E-state index contributed by atoms with van der Waals surface area (Å²) < 4.78 is 0. The first kappa shape index (κ1) is 8.53. The molecule has 0 bridgehead atoms. The molecule has 0 unspecified atom stereocenters. The van der Waals surface area contributed by atoms with Crippen molar-refractivity contribution in [1.29, 1.82) is 0 Å². The van der Waals surface area contributed by atoms with E-state index in [9.17, 15) is 4.79 Å². The van der Waals surface area contributed by atoms with Crippen molar-refractivity contribution in [3.8, 4) is 0 Å². The minimum Gasteiger partial charge on any atom is -0.480 e. The zero-order valence-corrected chi connectivity index (χ0v) is 6.84. The van der Waals surface area contributed by atoms with Crippen LogP contribution in [0, 0.1) is 5.92 Å². The molecule has 2 N–H and O–H groups in total. The molecule has 1 aliphatic rings. The van der Waals surface area contributed by atoms with Gasteiger partial charge in [0, 0.05) is 6.04 Å². The third kappa shape index (κ3) is 2.50. The van der Waals surface area contributed by atoms with Gasteiger partial charge in [0.15, 0.2) is 0 Å². The molecule has 0 radical (unpaired) electrons. The van der Waals surface area contributed by atoms with Gasteiger partial charge in [-0.1, -0.05) is 13.3 Å². The molecule has 0 aromatic heterocycles. The van der Waals surface area contributed by atoms with Crippen LogP contribution in [0.2, 0.25) is 0 Å². The smallest absolute Gasteiger partial charge is 0.317 e. The van der Waals surface area contributed by atoms with E-state index in [-0.39, 0.29) is 6.54 Å². The molecule has 1 aliphatic carbocycles. The van der Waals surface area contributed by atoms with Crippen LogP contribution in [0.3, 0.4) is 0 Å². The molecule has 1 saturated carbocycles. The molecule has 1 rings (SSSR count). The van der Waals surface area contributed by atoms with Crippen molar-refractivity contribution in [1.82, 2.24) is 5.32 Å². The Kier molecular flexibility index (Phi) is 2.88. The number of nitrogens with one attached hydrogen (secondary N) is 1. The van der Waals surface area contributed by atoms with Gasteiger partial charge in [-0.15, -0.1) is 0 Å². The Morgan fingerprint density at radius 3 is 2.73 bits per heavy atom. The topological polar surface area (TPSA) is 49.3 Å². The molecule has 0 atom stereocenters. The summed E-state index contributed by atoms with van der Waals surface area (Å²) in [6.07, 6.45) is 3.54. The third-order valence-electron chi connectivity index (χ3n) is 2.36. The molecule has 0 aromatic carbocycles. The molecule has 0 heterocycles. The molecule has 0 amide bonds. The highest BCUT2D eigenvalue weighted by Crippen LogP contribution is 2.29. The molecule has 3 heteroatoms. The average molecular weight is 157 g/mol. The fourth-order valence-electron chi connectivity index (χ4n) is 1.47. The molecular weight excluding hydrogens is 142 g/mol. The van der Waals surface area contributed by atoms with Gasteiger partial charge in [0.05, 0.1) is 6.54 Å². The lowest BCUT2D eigenvalue weighted by Crippen LogP contribution is -2.43. The maximum atomic E-state index is 10.1. The number of hydrogen-bond acceptors (Lipinski definition) is 2. The molecule has 0 aliphatic heterocycles. The first-order valence-electron chi connectivity index (χ1n) is 4.17. The normalized spacial score (nSPS) is 29.5. The van der Waals surface area contributed by atoms with Crippen molar-refractivity contribution in [3.05, 3.63) is 0 Å². The molecule has 3 nitrogen and oxygen atoms in total. The summed E-state index contributed by atoms with van der Waals surface area (Å²) in [6.45, 7) is 2.29. The predicted molar refractivity (Wildman–Crippen MR) is 42.4 cm³/mol. The van der Waals surface area contributed by atoms with E-state index in [4.69, 9.17) is 5.11 Å². The highest BCUT2D eigenvalue weighted by atomic mass is 16.4. The van der Waals surface area contributed by atoms with Gasteiger partial charge in [0.1, 0.15) is 0 Å². The Bertz CT molecular complexity index is 141. The Labute approximate surface area is 66.8 Å². The number of carboxylic acid groups (broad SMARTS) is 1. The van der Waals surface area contributed by atoms with E-state index in [1.807, 2.05) is 0 Å². The Hall–Kier alpha value is -0.570. The molecular formula is C8H15NO2. The quantitative estimate of drug-likeness (QED) is 0.636. The van der Waals surface area contributed by atoms with Crippen LogP contribution in [0.25, 0.3) is 0 Å². The lowest BCUT2D eigenvalue weighted by Gasteiger charge is -2.34. The molecule has 0 spiro atoms. The first-order chi connectivity index (χ1) is 5.22. The zero-order chi connectivity index (χ0) is 8.27. The molecule has 0 aromatic rings. The summed E-state index contributed by atoms with van der Waals surface area (Å²) in [5.74, 6) is 0.0752. The van der Waals surface area contributed by atoms with Crippen LogP contribution in [-0.4, -0.2) is 23.7 Å². The van der Waals surface area contributed by atoms with Gasteiger partial charge in [0.25, 0.3) is 0 Å². The zero-order valence-electron chi connectivity index (χ0n) is 6.84. The first-order valence-corrected chi connectivity index (χ1v) is 4.17. The maximum absolute atomic E-state index is 10.1. The third-order valence-corrected chi connectivity index (χ3v) is 2.36. The van der Waals surface area contributed by atoms with Gasteiger partial charge >= 0.3 is 5.97 Å². The second-order valence-electron chi connectivity index (χ2n) is 3.22. The van der Waals surface area contributed by atoms with Crippen molar-refractivity contribution >= 4 is 5.97 Å². The Morgan fingerprint density at radius 2 is 2.27 bits per heavy atom. The van der Waals surface area contributed by atoms with Crippen molar-refractivity contribution in [3.63, 3.8) is 0 Å². The predicted octanol–water partition coefficient (Wildman–Crippen LogP) is 0.849. The van der Waals surface area contributed by atoms with Gasteiger partial charge in [-0.2, -0.15) is 0 Å². The number of carboxylic acids is 1. The van der Waals surface area contributed by atoms with Crippen molar-refractivity contribution < 1.29 is 9.90 Å². The standard InChI is InChI=1S/C8H15NO2/c1-2-6-3-7(4-6)9-5-8(10)11/h6-7,9H,2-5H2,1H3,(H,10,11). The van der Waals surface area contributed by atoms with Crippen LogP contribution in [0.4, 0.5) is 0 Å². The minimum absolute atomic E-state index is 0.112. The summed E-state index contributed by atoms with van der Waals surface area (Å²) in [5.41, 5.74) is 0. The van der Waals surface area contributed by atoms with Crippen LogP contribution >= 0.6 is 0 Å². The van der Waals surface area contributed by atoms with Gasteiger partial charge in [0.2, 0.25) is 0 Å². The van der Waals surface area contributed by atoms with E-state index in [2.05, 4.69) is 12.2 Å². The average Bonchev–Trinajstić information content (AvgIpc) is 1.84. The van der Waals surface area contributed by atoms with E-state index in [0.717, 1.165) is 18.8 Å². The number of rotatable bonds is 4. The van der Waals surface area contributed by atoms with Gasteiger partial charge < -0.3 is 10.4 Å². The van der Waals surface area contributed by atoms with E-state index < -0.39 is 5.97 Å². The molecule has 64 valence electrons. The van der Waals surface area contributed by atoms with Crippen molar-refractivity contribution in [2.24, 2.45) is 5.92 Å². The molecule has 1 fully saturated rings. The second-order valence-corrected chi connectivity index (χ2v) is 3.22. The summed E-state index contributed by atoms with van der Waals surface area (Å²) in [4.78, 5) is 10.1. The lowest BCUT2D eigenvalue weighted by molar-refractivity contribution is -0.136. The summed E-state index contributed by atoms with van der Waals surface area (Å²) in [6, 6.07) is 0.469. The molecule has 0 saturated heterocycles. The van der Waals surface area contributed by atoms with Gasteiger partial charge in [-0.05, 0) is 18.8 Å². The Morgan fingerprint density at radius 1 is 1.64 bits per heavy atom. The maximum Gasteiger partial charge on any atom is 0.317 e. The number of hydrogen-bond donors (Lipinski definition) is 2. The van der Waals surface area contributed by atoms with Crippen LogP contribution in [0.1, 0.15) is 26.2 Å². The largest absolute Gasteiger partial charge is 0.480 e. The minimum atomic E-state index is -0.759. The van der Waals surface area contributed by atoms with Gasteiger partial charge in [-0.3, -0.25) is 4.79 Å². The Balaban J connectivity index is 2.00. The van der Waals surface area contributed by atoms with Gasteiger partial charge in [-0.25, -0.2) is 0 Å². The fourth-order valence-corrected chi connectivity index (χ4v) is 1.47. The number of aliphatic carboxylic acids is 1.